The Bertz CT molecular complexity index is 521. The highest BCUT2D eigenvalue weighted by Crippen LogP contribution is 2.38. The van der Waals surface area contributed by atoms with Gasteiger partial charge in [-0.2, -0.15) is 0 Å². The fourth-order valence-corrected chi connectivity index (χ4v) is 3.00. The maximum atomic E-state index is 12.5. The topological polar surface area (TPSA) is 68.2 Å². The number of methoxy groups -OCH3 is 3. The highest BCUT2D eigenvalue weighted by molar-refractivity contribution is 5.79. The molecule has 1 fully saturated rings. The Kier molecular flexibility index (Phi) is 6.10. The first-order valence-electron chi connectivity index (χ1n) is 7.80. The number of carbonyl (C=O) groups excluding carboxylic acids is 1. The van der Waals surface area contributed by atoms with Crippen molar-refractivity contribution in [1.29, 1.82) is 0 Å². The molecule has 1 heterocycles. The number of benzene rings is 1. The summed E-state index contributed by atoms with van der Waals surface area (Å²) in [5.74, 6) is 2.11. The Labute approximate surface area is 136 Å². The van der Waals surface area contributed by atoms with Crippen molar-refractivity contribution in [3.05, 3.63) is 17.7 Å². The first kappa shape index (κ1) is 17.4. The summed E-state index contributed by atoms with van der Waals surface area (Å²) in [4.78, 5) is 14.3. The summed E-state index contributed by atoms with van der Waals surface area (Å²) in [6, 6.07) is 3.61. The molecule has 1 aromatic carbocycles. The van der Waals surface area contributed by atoms with Gasteiger partial charge in [0.1, 0.15) is 0 Å². The lowest BCUT2D eigenvalue weighted by atomic mass is 10.1. The second-order valence-electron chi connectivity index (χ2n) is 5.72. The zero-order valence-corrected chi connectivity index (χ0v) is 14.0. The fraction of sp³-hybridized carbons (Fsp3) is 0.588. The molecule has 2 rings (SSSR count). The largest absolute Gasteiger partial charge is 0.493 e. The second kappa shape index (κ2) is 8.06. The Morgan fingerprint density at radius 1 is 1.22 bits per heavy atom. The van der Waals surface area contributed by atoms with E-state index in [-0.39, 0.29) is 12.5 Å². The van der Waals surface area contributed by atoms with Crippen LogP contribution in [0.25, 0.3) is 0 Å². The summed E-state index contributed by atoms with van der Waals surface area (Å²) in [5.41, 5.74) is 0.829. The molecule has 0 bridgehead atoms. The minimum Gasteiger partial charge on any atom is -0.493 e. The van der Waals surface area contributed by atoms with E-state index in [9.17, 15) is 4.79 Å². The van der Waals surface area contributed by atoms with Gasteiger partial charge in [-0.15, -0.1) is 0 Å². The van der Waals surface area contributed by atoms with E-state index < -0.39 is 0 Å². The summed E-state index contributed by atoms with van der Waals surface area (Å²) in [5, 5.41) is 9.01. The molecule has 6 nitrogen and oxygen atoms in total. The second-order valence-corrected chi connectivity index (χ2v) is 5.72. The van der Waals surface area contributed by atoms with E-state index in [0.29, 0.717) is 29.6 Å². The molecule has 0 aliphatic carbocycles. The predicted octanol–water partition coefficient (Wildman–Crippen LogP) is 1.49. The molecule has 0 unspecified atom stereocenters. The molecule has 1 N–H and O–H groups in total. The maximum absolute atomic E-state index is 12.5. The van der Waals surface area contributed by atoms with Crippen molar-refractivity contribution in [1.82, 2.24) is 4.90 Å². The number of aliphatic hydroxyl groups is 1. The van der Waals surface area contributed by atoms with Gasteiger partial charge in [-0.25, -0.2) is 0 Å². The average molecular weight is 323 g/mol. The Balaban J connectivity index is 2.09. The van der Waals surface area contributed by atoms with Gasteiger partial charge in [0, 0.05) is 19.7 Å². The third-order valence-electron chi connectivity index (χ3n) is 4.26. The lowest BCUT2D eigenvalue weighted by Crippen LogP contribution is -2.30. The molecule has 1 saturated heterocycles. The molecule has 1 aromatic rings. The van der Waals surface area contributed by atoms with Crippen LogP contribution in [0.2, 0.25) is 0 Å². The summed E-state index contributed by atoms with van der Waals surface area (Å²) >= 11 is 0. The number of nitrogens with zero attached hydrogens (tertiary/aromatic N) is 1. The lowest BCUT2D eigenvalue weighted by molar-refractivity contribution is -0.129. The average Bonchev–Trinajstić information content (AvgIpc) is 3.03. The van der Waals surface area contributed by atoms with Crippen LogP contribution in [0.5, 0.6) is 17.2 Å². The molecular formula is C17H25NO5. The molecule has 0 radical (unpaired) electrons. The van der Waals surface area contributed by atoms with Crippen LogP contribution in [0.3, 0.4) is 0 Å². The highest BCUT2D eigenvalue weighted by atomic mass is 16.5. The first-order chi connectivity index (χ1) is 11.1. The molecular weight excluding hydrogens is 298 g/mol. The Morgan fingerprint density at radius 3 is 2.39 bits per heavy atom. The molecule has 23 heavy (non-hydrogen) atoms. The van der Waals surface area contributed by atoms with Gasteiger partial charge < -0.3 is 24.2 Å². The summed E-state index contributed by atoms with van der Waals surface area (Å²) < 4.78 is 15.9. The lowest BCUT2D eigenvalue weighted by Gasteiger charge is -2.18. The van der Waals surface area contributed by atoms with E-state index in [4.69, 9.17) is 19.3 Å². The summed E-state index contributed by atoms with van der Waals surface area (Å²) in [6.07, 6.45) is 2.01. The molecule has 128 valence electrons. The molecule has 0 saturated carbocycles. The van der Waals surface area contributed by atoms with Crippen LogP contribution in [-0.2, 0) is 11.2 Å². The van der Waals surface area contributed by atoms with Crippen molar-refractivity contribution in [3.63, 3.8) is 0 Å². The minimum atomic E-state index is 0.0831. The van der Waals surface area contributed by atoms with E-state index in [1.165, 1.54) is 0 Å². The van der Waals surface area contributed by atoms with Crippen LogP contribution in [0, 0.1) is 5.92 Å². The highest BCUT2D eigenvalue weighted by Gasteiger charge is 2.26. The van der Waals surface area contributed by atoms with Crippen LogP contribution in [0.1, 0.15) is 18.4 Å². The van der Waals surface area contributed by atoms with Crippen LogP contribution >= 0.6 is 0 Å². The normalized spacial score (nSPS) is 17.2. The fourth-order valence-electron chi connectivity index (χ4n) is 3.00. The van der Waals surface area contributed by atoms with Crippen molar-refractivity contribution in [2.45, 2.75) is 19.3 Å². The smallest absolute Gasteiger partial charge is 0.227 e. The minimum absolute atomic E-state index is 0.0831. The van der Waals surface area contributed by atoms with E-state index in [1.807, 2.05) is 4.90 Å². The Morgan fingerprint density at radius 2 is 1.87 bits per heavy atom. The van der Waals surface area contributed by atoms with Gasteiger partial charge >= 0.3 is 0 Å². The molecule has 1 aliphatic heterocycles. The van der Waals surface area contributed by atoms with Crippen molar-refractivity contribution in [3.8, 4) is 17.2 Å². The van der Waals surface area contributed by atoms with Gasteiger partial charge in [0.05, 0.1) is 27.8 Å². The predicted molar refractivity (Wildman–Crippen MR) is 86.2 cm³/mol. The molecule has 1 amide bonds. The molecule has 0 spiro atoms. The summed E-state index contributed by atoms with van der Waals surface area (Å²) in [6.45, 7) is 1.66. The zero-order chi connectivity index (χ0) is 16.8. The number of hydrogen-bond acceptors (Lipinski definition) is 5. The third kappa shape index (κ3) is 4.07. The van der Waals surface area contributed by atoms with Crippen molar-refractivity contribution in [2.75, 3.05) is 41.0 Å². The molecule has 1 aliphatic rings. The third-order valence-corrected chi connectivity index (χ3v) is 4.26. The van der Waals surface area contributed by atoms with Gasteiger partial charge in [0.15, 0.2) is 11.5 Å². The van der Waals surface area contributed by atoms with E-state index in [1.54, 1.807) is 33.5 Å². The number of likely N-dealkylation sites (tertiary alicyclic amines) is 1. The monoisotopic (exact) mass is 323 g/mol. The number of carbonyl (C=O) groups is 1. The maximum Gasteiger partial charge on any atom is 0.227 e. The first-order valence-corrected chi connectivity index (χ1v) is 7.80. The van der Waals surface area contributed by atoms with Crippen LogP contribution < -0.4 is 14.2 Å². The van der Waals surface area contributed by atoms with Crippen molar-refractivity contribution < 1.29 is 24.1 Å². The van der Waals surface area contributed by atoms with Crippen molar-refractivity contribution >= 4 is 5.91 Å². The van der Waals surface area contributed by atoms with E-state index >= 15 is 0 Å². The van der Waals surface area contributed by atoms with Gasteiger partial charge in [-0.05, 0) is 36.5 Å². The van der Waals surface area contributed by atoms with Crippen LogP contribution in [0.4, 0.5) is 0 Å². The molecule has 1 atom stereocenters. The Hall–Kier alpha value is -1.95. The number of aliphatic hydroxyl groups excluding tert-OH is 1. The number of ether oxygens (including phenoxy) is 3. The van der Waals surface area contributed by atoms with Gasteiger partial charge in [0.2, 0.25) is 11.7 Å². The molecule has 6 heteroatoms. The zero-order valence-electron chi connectivity index (χ0n) is 14.0. The van der Waals surface area contributed by atoms with Gasteiger partial charge in [0.25, 0.3) is 0 Å². The van der Waals surface area contributed by atoms with Crippen molar-refractivity contribution in [2.24, 2.45) is 5.92 Å². The SMILES string of the molecule is COc1cc(CC(=O)N2CC[C@@H](CCO)C2)cc(OC)c1OC. The molecule has 0 aromatic heterocycles. The van der Waals surface area contributed by atoms with Crippen LogP contribution in [0.15, 0.2) is 12.1 Å². The standard InChI is InChI=1S/C17H25NO5/c1-21-14-8-13(9-15(22-2)17(14)23-3)10-16(20)18-6-4-12(11-18)5-7-19/h8-9,12,19H,4-7,10-11H2,1-3H3/t12-/m0/s1. The number of rotatable bonds is 7. The van der Waals surface area contributed by atoms with Crippen LogP contribution in [-0.4, -0.2) is 56.9 Å². The van der Waals surface area contributed by atoms with Gasteiger partial charge in [-0.1, -0.05) is 0 Å². The number of hydrogen-bond donors (Lipinski definition) is 1. The van der Waals surface area contributed by atoms with E-state index in [0.717, 1.165) is 31.5 Å². The number of amides is 1. The van der Waals surface area contributed by atoms with Gasteiger partial charge in [-0.3, -0.25) is 4.79 Å². The quantitative estimate of drug-likeness (QED) is 0.823. The van der Waals surface area contributed by atoms with E-state index in [2.05, 4.69) is 0 Å². The summed E-state index contributed by atoms with van der Waals surface area (Å²) in [7, 11) is 4.67.